The normalized spacial score (nSPS) is 10.4. The molecule has 29 heavy (non-hydrogen) atoms. The van der Waals surface area contributed by atoms with Gasteiger partial charge in [-0.05, 0) is 76.9 Å². The Hall–Kier alpha value is -2.58. The third-order valence-electron chi connectivity index (χ3n) is 3.98. The predicted molar refractivity (Wildman–Crippen MR) is 117 cm³/mol. The first kappa shape index (κ1) is 21.1. The van der Waals surface area contributed by atoms with Crippen LogP contribution in [0.4, 0.5) is 5.69 Å². The van der Waals surface area contributed by atoms with Gasteiger partial charge >= 0.3 is 0 Å². The van der Waals surface area contributed by atoms with E-state index in [0.717, 1.165) is 14.5 Å². The molecule has 0 aliphatic rings. The van der Waals surface area contributed by atoms with Crippen molar-refractivity contribution in [1.82, 2.24) is 5.32 Å². The van der Waals surface area contributed by atoms with E-state index in [4.69, 9.17) is 9.15 Å². The first-order chi connectivity index (χ1) is 13.9. The van der Waals surface area contributed by atoms with E-state index in [9.17, 15) is 9.59 Å². The minimum absolute atomic E-state index is 0.132. The van der Waals surface area contributed by atoms with Crippen molar-refractivity contribution in [2.45, 2.75) is 13.5 Å². The van der Waals surface area contributed by atoms with Crippen LogP contribution in [0.5, 0.6) is 5.75 Å². The molecule has 2 N–H and O–H groups in total. The largest absolute Gasteiger partial charge is 0.482 e. The van der Waals surface area contributed by atoms with Crippen LogP contribution in [0.1, 0.15) is 21.7 Å². The molecule has 0 aliphatic carbocycles. The van der Waals surface area contributed by atoms with Crippen molar-refractivity contribution >= 4 is 49.4 Å². The van der Waals surface area contributed by atoms with Gasteiger partial charge < -0.3 is 19.8 Å². The number of carbonyl (C=O) groups is 2. The fourth-order valence-electron chi connectivity index (χ4n) is 2.59. The first-order valence-corrected chi connectivity index (χ1v) is 10.3. The van der Waals surface area contributed by atoms with E-state index >= 15 is 0 Å². The molecule has 2 amide bonds. The Kier molecular flexibility index (Phi) is 7.11. The molecule has 0 radical (unpaired) electrons. The molecule has 3 aromatic rings. The molecule has 6 nitrogen and oxygen atoms in total. The Morgan fingerprint density at radius 2 is 1.86 bits per heavy atom. The second-order valence-corrected chi connectivity index (χ2v) is 7.98. The number of hydrogen-bond donors (Lipinski definition) is 2. The van der Waals surface area contributed by atoms with Gasteiger partial charge in [0.05, 0.1) is 17.3 Å². The molecule has 2 aromatic carbocycles. The van der Waals surface area contributed by atoms with E-state index in [0.29, 0.717) is 29.3 Å². The zero-order chi connectivity index (χ0) is 20.8. The van der Waals surface area contributed by atoms with Gasteiger partial charge in [-0.1, -0.05) is 15.9 Å². The fraction of sp³-hybridized carbons (Fsp3) is 0.143. The standard InChI is InChI=1S/C21H18Br2N2O4/c1-13-9-15(22)10-18(23)20(13)29-12-19(26)25-16-6-4-14(5-7-16)21(27)24-11-17-3-2-8-28-17/h2-10H,11-12H2,1H3,(H,24,27)(H,25,26). The number of halogens is 2. The quantitative estimate of drug-likeness (QED) is 0.455. The lowest BCUT2D eigenvalue weighted by Gasteiger charge is -2.12. The van der Waals surface area contributed by atoms with Crippen molar-refractivity contribution in [3.8, 4) is 5.75 Å². The van der Waals surface area contributed by atoms with Crippen molar-refractivity contribution in [3.05, 3.63) is 80.6 Å². The van der Waals surface area contributed by atoms with E-state index in [1.165, 1.54) is 0 Å². The molecule has 0 bridgehead atoms. The molecule has 8 heteroatoms. The second-order valence-electron chi connectivity index (χ2n) is 6.21. The Morgan fingerprint density at radius 1 is 1.10 bits per heavy atom. The Labute approximate surface area is 184 Å². The summed E-state index contributed by atoms with van der Waals surface area (Å²) in [6.45, 7) is 2.08. The SMILES string of the molecule is Cc1cc(Br)cc(Br)c1OCC(=O)Nc1ccc(C(=O)NCc2ccco2)cc1. The molecule has 0 spiro atoms. The summed E-state index contributed by atoms with van der Waals surface area (Å²) in [4.78, 5) is 24.3. The first-order valence-electron chi connectivity index (χ1n) is 8.71. The topological polar surface area (TPSA) is 80.6 Å². The monoisotopic (exact) mass is 520 g/mol. The van der Waals surface area contributed by atoms with Gasteiger partial charge in [-0.3, -0.25) is 9.59 Å². The molecule has 0 atom stereocenters. The Balaban J connectivity index is 1.51. The summed E-state index contributed by atoms with van der Waals surface area (Å²) >= 11 is 6.84. The lowest BCUT2D eigenvalue weighted by atomic mass is 10.2. The van der Waals surface area contributed by atoms with E-state index in [2.05, 4.69) is 42.5 Å². The van der Waals surface area contributed by atoms with Crippen LogP contribution in [0.3, 0.4) is 0 Å². The smallest absolute Gasteiger partial charge is 0.262 e. The minimum Gasteiger partial charge on any atom is -0.482 e. The number of ether oxygens (including phenoxy) is 1. The number of rotatable bonds is 7. The molecule has 0 unspecified atom stereocenters. The van der Waals surface area contributed by atoms with Gasteiger partial charge in [-0.2, -0.15) is 0 Å². The van der Waals surface area contributed by atoms with Crippen LogP contribution >= 0.6 is 31.9 Å². The van der Waals surface area contributed by atoms with Gasteiger partial charge in [0.1, 0.15) is 11.5 Å². The zero-order valence-electron chi connectivity index (χ0n) is 15.5. The molecular weight excluding hydrogens is 504 g/mol. The summed E-state index contributed by atoms with van der Waals surface area (Å²) in [6, 6.07) is 13.9. The third kappa shape index (κ3) is 5.95. The van der Waals surface area contributed by atoms with Gasteiger partial charge in [0.2, 0.25) is 0 Å². The van der Waals surface area contributed by atoms with E-state index in [-0.39, 0.29) is 18.4 Å². The molecule has 1 aromatic heterocycles. The fourth-order valence-corrected chi connectivity index (χ4v) is 4.15. The van der Waals surface area contributed by atoms with Crippen LogP contribution < -0.4 is 15.4 Å². The highest BCUT2D eigenvalue weighted by Gasteiger charge is 2.11. The lowest BCUT2D eigenvalue weighted by molar-refractivity contribution is -0.118. The maximum Gasteiger partial charge on any atom is 0.262 e. The number of nitrogens with one attached hydrogen (secondary N) is 2. The summed E-state index contributed by atoms with van der Waals surface area (Å²) in [7, 11) is 0. The minimum atomic E-state index is -0.297. The molecule has 0 saturated carbocycles. The van der Waals surface area contributed by atoms with E-state index in [1.54, 1.807) is 42.7 Å². The lowest BCUT2D eigenvalue weighted by Crippen LogP contribution is -2.23. The van der Waals surface area contributed by atoms with E-state index in [1.807, 2.05) is 19.1 Å². The molecular formula is C21H18Br2N2O4. The number of aryl methyl sites for hydroxylation is 1. The number of anilines is 1. The average molecular weight is 522 g/mol. The van der Waals surface area contributed by atoms with Crippen molar-refractivity contribution in [1.29, 1.82) is 0 Å². The average Bonchev–Trinajstić information content (AvgIpc) is 3.19. The summed E-state index contributed by atoms with van der Waals surface area (Å²) < 4.78 is 12.5. The summed E-state index contributed by atoms with van der Waals surface area (Å²) in [5.41, 5.74) is 1.97. The van der Waals surface area contributed by atoms with Crippen molar-refractivity contribution in [2.75, 3.05) is 11.9 Å². The highest BCUT2D eigenvalue weighted by molar-refractivity contribution is 9.11. The molecule has 0 fully saturated rings. The molecule has 0 aliphatic heterocycles. The third-order valence-corrected chi connectivity index (χ3v) is 5.02. The highest BCUT2D eigenvalue weighted by atomic mass is 79.9. The van der Waals surface area contributed by atoms with E-state index < -0.39 is 0 Å². The maximum absolute atomic E-state index is 12.2. The van der Waals surface area contributed by atoms with Gasteiger partial charge in [0.25, 0.3) is 11.8 Å². The highest BCUT2D eigenvalue weighted by Crippen LogP contribution is 2.32. The summed E-state index contributed by atoms with van der Waals surface area (Å²) in [5, 5.41) is 5.51. The predicted octanol–water partition coefficient (Wildman–Crippen LogP) is 5.06. The molecule has 1 heterocycles. The van der Waals surface area contributed by atoms with Crippen molar-refractivity contribution in [2.24, 2.45) is 0 Å². The van der Waals surface area contributed by atoms with Crippen LogP contribution in [0, 0.1) is 6.92 Å². The maximum atomic E-state index is 12.2. The molecule has 3 rings (SSSR count). The van der Waals surface area contributed by atoms with Crippen molar-refractivity contribution < 1.29 is 18.7 Å². The number of amides is 2. The van der Waals surface area contributed by atoms with Gasteiger partial charge in [0.15, 0.2) is 6.61 Å². The van der Waals surface area contributed by atoms with Crippen LogP contribution in [0.15, 0.2) is 68.2 Å². The van der Waals surface area contributed by atoms with Crippen LogP contribution in [-0.2, 0) is 11.3 Å². The molecule has 150 valence electrons. The Morgan fingerprint density at radius 3 is 2.52 bits per heavy atom. The molecule has 0 saturated heterocycles. The number of furan rings is 1. The van der Waals surface area contributed by atoms with Gasteiger partial charge in [-0.15, -0.1) is 0 Å². The summed E-state index contributed by atoms with van der Waals surface area (Å²) in [5.74, 6) is 0.772. The van der Waals surface area contributed by atoms with Gasteiger partial charge in [-0.25, -0.2) is 0 Å². The number of carbonyl (C=O) groups excluding carboxylic acids is 2. The van der Waals surface area contributed by atoms with Crippen LogP contribution in [-0.4, -0.2) is 18.4 Å². The van der Waals surface area contributed by atoms with Crippen LogP contribution in [0.25, 0.3) is 0 Å². The van der Waals surface area contributed by atoms with Gasteiger partial charge in [0, 0.05) is 15.7 Å². The zero-order valence-corrected chi connectivity index (χ0v) is 18.7. The van der Waals surface area contributed by atoms with Crippen LogP contribution in [0.2, 0.25) is 0 Å². The number of hydrogen-bond acceptors (Lipinski definition) is 4. The second kappa shape index (κ2) is 9.76. The van der Waals surface area contributed by atoms with Crippen molar-refractivity contribution in [3.63, 3.8) is 0 Å². The number of benzene rings is 2. The summed E-state index contributed by atoms with van der Waals surface area (Å²) in [6.07, 6.45) is 1.55. The Bertz CT molecular complexity index is 979.